The number of anilines is 2. The third-order valence-electron chi connectivity index (χ3n) is 11.3. The van der Waals surface area contributed by atoms with Crippen LogP contribution in [0.2, 0.25) is 0 Å². The normalized spacial score (nSPS) is 20.2. The van der Waals surface area contributed by atoms with Crippen LogP contribution >= 0.6 is 0 Å². The minimum Gasteiger partial charge on any atom is -0.507 e. The Hall–Kier alpha value is -4.44. The number of rotatable bonds is 10. The van der Waals surface area contributed by atoms with E-state index in [1.807, 2.05) is 0 Å². The van der Waals surface area contributed by atoms with E-state index in [1.54, 1.807) is 0 Å². The highest BCUT2D eigenvalue weighted by Crippen LogP contribution is 2.55. The van der Waals surface area contributed by atoms with Crippen LogP contribution in [0, 0.1) is 13.8 Å². The predicted molar refractivity (Wildman–Crippen MR) is 225 cm³/mol. The molecule has 0 radical (unpaired) electrons. The highest BCUT2D eigenvalue weighted by Gasteiger charge is 2.42. The van der Waals surface area contributed by atoms with E-state index in [-0.39, 0.29) is 34.7 Å². The SMILES string of the molecule is CCCN1c2ccccc2C(/C=C/C=C\CC2c3ccccc3N(CCC)C2c2cc(C)cc(C(C)(C)C)c2O)C1c1cc(C)cc(C(C)(C)C)c1O. The highest BCUT2D eigenvalue weighted by atomic mass is 16.3. The summed E-state index contributed by atoms with van der Waals surface area (Å²) >= 11 is 0. The summed E-state index contributed by atoms with van der Waals surface area (Å²) in [4.78, 5) is 5.05. The molecular weight excluding hydrogens is 649 g/mol. The van der Waals surface area contributed by atoms with E-state index in [4.69, 9.17) is 0 Å². The molecule has 0 aromatic heterocycles. The number of fused-ring (bicyclic) bond motifs is 2. The lowest BCUT2D eigenvalue weighted by atomic mass is 9.80. The Labute approximate surface area is 319 Å². The van der Waals surface area contributed by atoms with Gasteiger partial charge in [-0.3, -0.25) is 0 Å². The molecule has 53 heavy (non-hydrogen) atoms. The van der Waals surface area contributed by atoms with Gasteiger partial charge in [-0.15, -0.1) is 0 Å². The van der Waals surface area contributed by atoms with Crippen molar-refractivity contribution >= 4 is 11.4 Å². The summed E-state index contributed by atoms with van der Waals surface area (Å²) in [6.07, 6.45) is 12.0. The maximum atomic E-state index is 11.9. The summed E-state index contributed by atoms with van der Waals surface area (Å²) in [6, 6.07) is 26.4. The van der Waals surface area contributed by atoms with Crippen LogP contribution in [-0.2, 0) is 10.8 Å². The first-order valence-electron chi connectivity index (χ1n) is 19.9. The van der Waals surface area contributed by atoms with Gasteiger partial charge in [-0.05, 0) is 78.3 Å². The summed E-state index contributed by atoms with van der Waals surface area (Å²) in [6.45, 7) is 23.7. The van der Waals surface area contributed by atoms with Gasteiger partial charge in [-0.25, -0.2) is 0 Å². The minimum atomic E-state index is -0.174. The van der Waals surface area contributed by atoms with Gasteiger partial charge in [-0.1, -0.05) is 151 Å². The minimum absolute atomic E-state index is 0.00648. The van der Waals surface area contributed by atoms with Crippen molar-refractivity contribution in [3.8, 4) is 11.5 Å². The van der Waals surface area contributed by atoms with Crippen LogP contribution in [0.5, 0.6) is 11.5 Å². The molecule has 0 bridgehead atoms. The highest BCUT2D eigenvalue weighted by molar-refractivity contribution is 5.68. The van der Waals surface area contributed by atoms with Crippen LogP contribution in [0.4, 0.5) is 11.4 Å². The number of hydrogen-bond acceptors (Lipinski definition) is 4. The molecule has 4 aromatic rings. The van der Waals surface area contributed by atoms with Crippen molar-refractivity contribution in [3.05, 3.63) is 142 Å². The first kappa shape index (κ1) is 38.3. The fourth-order valence-corrected chi connectivity index (χ4v) is 9.05. The van der Waals surface area contributed by atoms with Crippen molar-refractivity contribution in [1.82, 2.24) is 0 Å². The monoisotopic (exact) mass is 710 g/mol. The van der Waals surface area contributed by atoms with E-state index in [9.17, 15) is 10.2 Å². The smallest absolute Gasteiger partial charge is 0.124 e. The van der Waals surface area contributed by atoms with E-state index >= 15 is 0 Å². The molecule has 2 N–H and O–H groups in total. The summed E-state index contributed by atoms with van der Waals surface area (Å²) in [5.74, 6) is 1.14. The van der Waals surface area contributed by atoms with Gasteiger partial charge >= 0.3 is 0 Å². The molecule has 0 amide bonds. The fourth-order valence-electron chi connectivity index (χ4n) is 9.05. The maximum absolute atomic E-state index is 11.9. The molecule has 0 spiro atoms. The second-order valence-electron chi connectivity index (χ2n) is 17.6. The molecule has 4 unspecified atom stereocenters. The van der Waals surface area contributed by atoms with Gasteiger partial charge in [0.05, 0.1) is 12.1 Å². The Bertz CT molecular complexity index is 1990. The lowest BCUT2D eigenvalue weighted by Crippen LogP contribution is -2.28. The summed E-state index contributed by atoms with van der Waals surface area (Å²) < 4.78 is 0. The van der Waals surface area contributed by atoms with Crippen LogP contribution in [0.3, 0.4) is 0 Å². The van der Waals surface area contributed by atoms with Gasteiger partial charge < -0.3 is 20.0 Å². The van der Waals surface area contributed by atoms with Gasteiger partial charge in [-0.2, -0.15) is 0 Å². The zero-order valence-corrected chi connectivity index (χ0v) is 33.9. The molecular formula is C49H62N2O2. The molecule has 2 aliphatic rings. The molecule has 0 fully saturated rings. The van der Waals surface area contributed by atoms with Crippen molar-refractivity contribution in [1.29, 1.82) is 0 Å². The van der Waals surface area contributed by atoms with Gasteiger partial charge in [0.1, 0.15) is 11.5 Å². The molecule has 4 atom stereocenters. The Kier molecular flexibility index (Phi) is 10.9. The van der Waals surface area contributed by atoms with Crippen LogP contribution in [0.15, 0.2) is 97.1 Å². The van der Waals surface area contributed by atoms with Crippen LogP contribution in [0.25, 0.3) is 0 Å². The molecule has 0 aliphatic carbocycles. The second-order valence-corrected chi connectivity index (χ2v) is 17.6. The summed E-state index contributed by atoms with van der Waals surface area (Å²) in [7, 11) is 0. The largest absolute Gasteiger partial charge is 0.507 e. The average Bonchev–Trinajstić information content (AvgIpc) is 3.57. The summed E-state index contributed by atoms with van der Waals surface area (Å²) in [5, 5.41) is 23.8. The topological polar surface area (TPSA) is 46.9 Å². The standard InChI is InChI=1S/C49H62N2O2/c1-11-26-50-42-24-18-16-20-34(42)36(44(50)38-28-32(3)30-40(46(38)52)48(5,6)7)22-14-13-15-23-37-35-21-17-19-25-43(35)51(27-12-2)45(37)39-29-33(4)31-41(47(39)53)49(8,9)10/h13-22,24-25,28-31,36-37,44-45,52-53H,11-12,23,26-27H2,1-10H3/b15-13-,22-14+. The molecule has 0 saturated heterocycles. The number of benzene rings is 4. The average molecular weight is 711 g/mol. The fraction of sp³-hybridized carbons (Fsp3) is 0.429. The van der Waals surface area contributed by atoms with Crippen molar-refractivity contribution in [2.24, 2.45) is 0 Å². The van der Waals surface area contributed by atoms with Crippen LogP contribution in [0.1, 0.15) is 143 Å². The Morgan fingerprint density at radius 3 is 1.60 bits per heavy atom. The molecule has 2 heterocycles. The molecule has 280 valence electrons. The number of para-hydroxylation sites is 2. The molecule has 0 saturated carbocycles. The van der Waals surface area contributed by atoms with Crippen LogP contribution in [-0.4, -0.2) is 23.3 Å². The number of nitrogens with zero attached hydrogens (tertiary/aromatic N) is 2. The third-order valence-corrected chi connectivity index (χ3v) is 11.3. The molecule has 4 nitrogen and oxygen atoms in total. The molecule has 4 heteroatoms. The number of phenols is 2. The van der Waals surface area contributed by atoms with E-state index in [2.05, 4.69) is 176 Å². The Balaban J connectivity index is 1.37. The van der Waals surface area contributed by atoms with Crippen molar-refractivity contribution < 1.29 is 10.2 Å². The van der Waals surface area contributed by atoms with Crippen molar-refractivity contribution in [2.75, 3.05) is 22.9 Å². The zero-order valence-electron chi connectivity index (χ0n) is 33.9. The quantitative estimate of drug-likeness (QED) is 0.161. The van der Waals surface area contributed by atoms with E-state index in [1.165, 1.54) is 33.6 Å². The number of phenolic OH excluding ortho intramolecular Hbond substituents is 2. The molecule has 6 rings (SSSR count). The first-order valence-corrected chi connectivity index (χ1v) is 19.9. The first-order chi connectivity index (χ1) is 25.2. The van der Waals surface area contributed by atoms with E-state index in [0.29, 0.717) is 11.5 Å². The van der Waals surface area contributed by atoms with Crippen molar-refractivity contribution in [2.45, 2.75) is 123 Å². The summed E-state index contributed by atoms with van der Waals surface area (Å²) in [5.41, 5.74) is 11.3. The zero-order chi connectivity index (χ0) is 38.2. The lowest BCUT2D eigenvalue weighted by molar-refractivity contribution is 0.425. The maximum Gasteiger partial charge on any atom is 0.124 e. The Morgan fingerprint density at radius 1 is 0.604 bits per heavy atom. The van der Waals surface area contributed by atoms with Crippen molar-refractivity contribution in [3.63, 3.8) is 0 Å². The van der Waals surface area contributed by atoms with Gasteiger partial charge in [0.25, 0.3) is 0 Å². The second kappa shape index (κ2) is 15.1. The number of aryl methyl sites for hydroxylation is 2. The number of allylic oxidation sites excluding steroid dienone is 3. The molecule has 2 aliphatic heterocycles. The van der Waals surface area contributed by atoms with Gasteiger partial charge in [0.15, 0.2) is 0 Å². The third kappa shape index (κ3) is 7.39. The number of hydrogen-bond donors (Lipinski definition) is 2. The number of aromatic hydroxyl groups is 2. The van der Waals surface area contributed by atoms with Gasteiger partial charge in [0.2, 0.25) is 0 Å². The van der Waals surface area contributed by atoms with Gasteiger partial charge in [0, 0.05) is 47.4 Å². The van der Waals surface area contributed by atoms with Crippen LogP contribution < -0.4 is 9.80 Å². The lowest BCUT2D eigenvalue weighted by Gasteiger charge is -2.33. The molecule has 4 aromatic carbocycles. The van der Waals surface area contributed by atoms with E-state index < -0.39 is 0 Å². The predicted octanol–water partition coefficient (Wildman–Crippen LogP) is 12.6. The van der Waals surface area contributed by atoms with E-state index in [0.717, 1.165) is 54.6 Å². The Morgan fingerprint density at radius 2 is 1.08 bits per heavy atom.